The Morgan fingerprint density at radius 3 is 2.48 bits per heavy atom. The van der Waals surface area contributed by atoms with E-state index in [-0.39, 0.29) is 5.69 Å². The van der Waals surface area contributed by atoms with Crippen molar-refractivity contribution in [3.05, 3.63) is 56.8 Å². The molecule has 2 rings (SSSR count). The molecular weight excluding hydrogens is 374 g/mol. The molecule has 0 unspecified atom stereocenters. The van der Waals surface area contributed by atoms with E-state index in [1.807, 2.05) is 0 Å². The van der Waals surface area contributed by atoms with Gasteiger partial charge in [-0.1, -0.05) is 11.6 Å². The SMILES string of the molecule is O=C(Nc1ccc(Cl)c(Br)c1)c1cc(F)c(F)c(O)c1F. The lowest BCUT2D eigenvalue weighted by molar-refractivity contribution is 0.102. The minimum Gasteiger partial charge on any atom is -0.503 e. The van der Waals surface area contributed by atoms with Crippen LogP contribution in [0.5, 0.6) is 5.75 Å². The first-order valence-corrected chi connectivity index (χ1v) is 6.61. The number of phenols is 1. The number of aromatic hydroxyl groups is 1. The van der Waals surface area contributed by atoms with Crippen LogP contribution in [0.1, 0.15) is 10.4 Å². The highest BCUT2D eigenvalue weighted by atomic mass is 79.9. The fourth-order valence-electron chi connectivity index (χ4n) is 1.53. The molecule has 0 radical (unpaired) electrons. The van der Waals surface area contributed by atoms with Gasteiger partial charge in [0.1, 0.15) is 0 Å². The Kier molecular flexibility index (Phi) is 4.43. The molecule has 2 N–H and O–H groups in total. The Balaban J connectivity index is 2.35. The normalized spacial score (nSPS) is 10.5. The number of halogens is 5. The van der Waals surface area contributed by atoms with Gasteiger partial charge in [0.15, 0.2) is 17.4 Å². The summed E-state index contributed by atoms with van der Waals surface area (Å²) in [6, 6.07) is 4.71. The van der Waals surface area contributed by atoms with Crippen LogP contribution in [0.4, 0.5) is 18.9 Å². The molecule has 0 spiro atoms. The van der Waals surface area contributed by atoms with E-state index in [0.717, 1.165) is 0 Å². The van der Waals surface area contributed by atoms with Crippen molar-refractivity contribution in [2.45, 2.75) is 0 Å². The summed E-state index contributed by atoms with van der Waals surface area (Å²) in [6.45, 7) is 0. The summed E-state index contributed by atoms with van der Waals surface area (Å²) in [4.78, 5) is 11.8. The Morgan fingerprint density at radius 1 is 1.19 bits per heavy atom. The van der Waals surface area contributed by atoms with E-state index >= 15 is 0 Å². The number of carbonyl (C=O) groups is 1. The highest BCUT2D eigenvalue weighted by Gasteiger charge is 2.22. The third-order valence-corrected chi connectivity index (χ3v) is 3.77. The second-order valence-electron chi connectivity index (χ2n) is 3.97. The largest absolute Gasteiger partial charge is 0.503 e. The molecule has 3 nitrogen and oxygen atoms in total. The Morgan fingerprint density at radius 2 is 1.86 bits per heavy atom. The highest BCUT2D eigenvalue weighted by molar-refractivity contribution is 9.10. The molecule has 0 aliphatic heterocycles. The van der Waals surface area contributed by atoms with Crippen molar-refractivity contribution in [3.63, 3.8) is 0 Å². The van der Waals surface area contributed by atoms with E-state index in [1.54, 1.807) is 0 Å². The van der Waals surface area contributed by atoms with Crippen molar-refractivity contribution >= 4 is 39.1 Å². The van der Waals surface area contributed by atoms with Crippen LogP contribution in [0.3, 0.4) is 0 Å². The lowest BCUT2D eigenvalue weighted by Crippen LogP contribution is -2.15. The van der Waals surface area contributed by atoms with Gasteiger partial charge in [0, 0.05) is 10.2 Å². The number of amides is 1. The summed E-state index contributed by atoms with van der Waals surface area (Å²) in [5.74, 6) is -7.41. The van der Waals surface area contributed by atoms with Gasteiger partial charge >= 0.3 is 0 Å². The van der Waals surface area contributed by atoms with Crippen molar-refractivity contribution < 1.29 is 23.1 Å². The van der Waals surface area contributed by atoms with Gasteiger partial charge in [-0.3, -0.25) is 4.79 Å². The molecular formula is C13H6BrClF3NO2. The molecule has 2 aromatic carbocycles. The van der Waals surface area contributed by atoms with Crippen molar-refractivity contribution in [3.8, 4) is 5.75 Å². The second kappa shape index (κ2) is 5.95. The first-order chi connectivity index (χ1) is 9.81. The highest BCUT2D eigenvalue weighted by Crippen LogP contribution is 2.28. The van der Waals surface area contributed by atoms with Gasteiger partial charge in [0.25, 0.3) is 5.91 Å². The number of hydrogen-bond donors (Lipinski definition) is 2. The summed E-state index contributed by atoms with van der Waals surface area (Å²) < 4.78 is 40.1. The van der Waals surface area contributed by atoms with E-state index in [2.05, 4.69) is 21.2 Å². The number of phenolic OH excluding ortho intramolecular Hbond substituents is 1. The summed E-state index contributed by atoms with van der Waals surface area (Å²) in [5, 5.41) is 11.7. The Labute approximate surface area is 130 Å². The number of rotatable bonds is 2. The molecule has 0 fully saturated rings. The van der Waals surface area contributed by atoms with Gasteiger partial charge in [-0.2, -0.15) is 4.39 Å². The van der Waals surface area contributed by atoms with E-state index in [1.165, 1.54) is 18.2 Å². The molecule has 0 aliphatic rings. The first kappa shape index (κ1) is 15.7. The van der Waals surface area contributed by atoms with Crippen molar-refractivity contribution in [1.82, 2.24) is 0 Å². The van der Waals surface area contributed by atoms with Crippen LogP contribution >= 0.6 is 27.5 Å². The fourth-order valence-corrected chi connectivity index (χ4v) is 2.02. The Bertz CT molecular complexity index is 740. The van der Waals surface area contributed by atoms with Crippen LogP contribution in [0.15, 0.2) is 28.7 Å². The van der Waals surface area contributed by atoms with E-state index in [4.69, 9.17) is 16.7 Å². The molecule has 0 saturated heterocycles. The van der Waals surface area contributed by atoms with Gasteiger partial charge < -0.3 is 10.4 Å². The minimum absolute atomic E-state index is 0.250. The maximum atomic E-state index is 13.6. The summed E-state index contributed by atoms with van der Waals surface area (Å²) in [5.41, 5.74) is -0.572. The van der Waals surface area contributed by atoms with Gasteiger partial charge in [-0.25, -0.2) is 8.78 Å². The molecule has 21 heavy (non-hydrogen) atoms. The molecule has 0 aromatic heterocycles. The topological polar surface area (TPSA) is 49.3 Å². The average molecular weight is 381 g/mol. The summed E-state index contributed by atoms with van der Waals surface area (Å²) in [6.07, 6.45) is 0. The molecule has 0 atom stereocenters. The monoisotopic (exact) mass is 379 g/mol. The maximum absolute atomic E-state index is 13.6. The maximum Gasteiger partial charge on any atom is 0.258 e. The number of carbonyl (C=O) groups excluding carboxylic acids is 1. The predicted molar refractivity (Wildman–Crippen MR) is 75.1 cm³/mol. The molecule has 0 heterocycles. The van der Waals surface area contributed by atoms with Gasteiger partial charge in [-0.15, -0.1) is 0 Å². The molecule has 0 aliphatic carbocycles. The number of nitrogens with one attached hydrogen (secondary N) is 1. The summed E-state index contributed by atoms with van der Waals surface area (Å²) >= 11 is 8.91. The average Bonchev–Trinajstić information content (AvgIpc) is 2.44. The first-order valence-electron chi connectivity index (χ1n) is 5.44. The van der Waals surface area contributed by atoms with Gasteiger partial charge in [-0.05, 0) is 40.2 Å². The molecule has 8 heteroatoms. The molecule has 2 aromatic rings. The minimum atomic E-state index is -1.75. The quantitative estimate of drug-likeness (QED) is 0.755. The predicted octanol–water partition coefficient (Wildman–Crippen LogP) is 4.48. The van der Waals surface area contributed by atoms with E-state index in [9.17, 15) is 18.0 Å². The lowest BCUT2D eigenvalue weighted by Gasteiger charge is -2.09. The summed E-state index contributed by atoms with van der Waals surface area (Å²) in [7, 11) is 0. The third kappa shape index (κ3) is 3.14. The van der Waals surface area contributed by atoms with Crippen molar-refractivity contribution in [2.75, 3.05) is 5.32 Å². The van der Waals surface area contributed by atoms with Crippen LogP contribution in [0.2, 0.25) is 5.02 Å². The van der Waals surface area contributed by atoms with Crippen molar-refractivity contribution in [1.29, 1.82) is 0 Å². The van der Waals surface area contributed by atoms with Crippen LogP contribution in [-0.4, -0.2) is 11.0 Å². The van der Waals surface area contributed by atoms with Crippen LogP contribution in [0.25, 0.3) is 0 Å². The molecule has 110 valence electrons. The zero-order valence-corrected chi connectivity index (χ0v) is 12.4. The van der Waals surface area contributed by atoms with Gasteiger partial charge in [0.05, 0.1) is 10.6 Å². The zero-order chi connectivity index (χ0) is 15.7. The second-order valence-corrected chi connectivity index (χ2v) is 5.23. The Hall–Kier alpha value is -1.73. The standard InChI is InChI=1S/C13H6BrClF3NO2/c14-7-3-5(1-2-8(7)15)19-13(21)6-4-9(16)11(18)12(20)10(6)17/h1-4,20H,(H,19,21). The zero-order valence-electron chi connectivity index (χ0n) is 10.1. The van der Waals surface area contributed by atoms with E-state index in [0.29, 0.717) is 15.6 Å². The van der Waals surface area contributed by atoms with Crippen LogP contribution in [-0.2, 0) is 0 Å². The molecule has 0 saturated carbocycles. The third-order valence-electron chi connectivity index (χ3n) is 2.56. The number of anilines is 1. The number of hydrogen-bond acceptors (Lipinski definition) is 2. The van der Waals surface area contributed by atoms with Crippen LogP contribution < -0.4 is 5.32 Å². The smallest absolute Gasteiger partial charge is 0.258 e. The van der Waals surface area contributed by atoms with Gasteiger partial charge in [0.2, 0.25) is 5.82 Å². The fraction of sp³-hybridized carbons (Fsp3) is 0. The lowest BCUT2D eigenvalue weighted by atomic mass is 10.1. The van der Waals surface area contributed by atoms with E-state index < -0.39 is 34.7 Å². The molecule has 1 amide bonds. The van der Waals surface area contributed by atoms with Crippen LogP contribution in [0, 0.1) is 17.5 Å². The number of benzene rings is 2. The van der Waals surface area contributed by atoms with Crippen molar-refractivity contribution in [2.24, 2.45) is 0 Å². The molecule has 0 bridgehead atoms.